The molecule has 0 saturated heterocycles. The fraction of sp³-hybridized carbons (Fsp3) is 0.235. The highest BCUT2D eigenvalue weighted by Gasteiger charge is 2.05. The van der Waals surface area contributed by atoms with Gasteiger partial charge in [-0.1, -0.05) is 11.6 Å². The number of hydrogen-bond acceptors (Lipinski definition) is 4. The number of hydrogen-bond donors (Lipinski definition) is 2. The number of aliphatic imine (C=N–C) groups is 1. The van der Waals surface area contributed by atoms with E-state index in [0.29, 0.717) is 35.6 Å². The highest BCUT2D eigenvalue weighted by Crippen LogP contribution is 2.29. The van der Waals surface area contributed by atoms with E-state index in [0.717, 1.165) is 11.4 Å². The molecule has 0 saturated carbocycles. The highest BCUT2D eigenvalue weighted by atomic mass is 127. The van der Waals surface area contributed by atoms with Crippen LogP contribution < -0.4 is 25.3 Å². The molecule has 0 bridgehead atoms. The number of nitrogens with two attached hydrogens (primary N) is 1. The van der Waals surface area contributed by atoms with Crippen LogP contribution in [0.15, 0.2) is 47.5 Å². The molecule has 2 aromatic rings. The number of anilines is 1. The Kier molecular flexibility index (Phi) is 9.22. The number of rotatable bonds is 7. The number of halogens is 2. The molecule has 0 unspecified atom stereocenters. The third kappa shape index (κ3) is 6.87. The molecule has 136 valence electrons. The molecule has 0 aliphatic heterocycles. The quantitative estimate of drug-likeness (QED) is 0.275. The van der Waals surface area contributed by atoms with Gasteiger partial charge in [0.25, 0.3) is 0 Å². The first-order valence-corrected chi connectivity index (χ1v) is 7.67. The van der Waals surface area contributed by atoms with Crippen LogP contribution in [0, 0.1) is 0 Å². The standard InChI is InChI=1S/C17H20ClN3O3.HI/c1-22-15-8-5-13(11-16(15)23-2)21-17(19)20-9-10-24-14-6-3-12(18)4-7-14;/h3-8,11H,9-10H2,1-2H3,(H3,19,20,21);1H. The minimum atomic E-state index is 0. The number of nitrogens with one attached hydrogen (secondary N) is 1. The van der Waals surface area contributed by atoms with Crippen LogP contribution >= 0.6 is 35.6 Å². The Morgan fingerprint density at radius 1 is 1.08 bits per heavy atom. The predicted octanol–water partition coefficient (Wildman–Crippen LogP) is 3.78. The maximum atomic E-state index is 5.86. The first-order chi connectivity index (χ1) is 11.6. The van der Waals surface area contributed by atoms with Crippen molar-refractivity contribution >= 4 is 47.2 Å². The Hall–Kier alpha value is -1.87. The van der Waals surface area contributed by atoms with Gasteiger partial charge in [-0.05, 0) is 36.4 Å². The molecule has 25 heavy (non-hydrogen) atoms. The van der Waals surface area contributed by atoms with Crippen LogP contribution in [0.4, 0.5) is 5.69 Å². The van der Waals surface area contributed by atoms with E-state index in [1.807, 2.05) is 6.07 Å². The van der Waals surface area contributed by atoms with Crippen molar-refractivity contribution in [3.63, 3.8) is 0 Å². The second-order valence-corrected chi connectivity index (χ2v) is 5.20. The van der Waals surface area contributed by atoms with Crippen molar-refractivity contribution in [2.24, 2.45) is 10.7 Å². The van der Waals surface area contributed by atoms with Gasteiger partial charge in [0.05, 0.1) is 20.8 Å². The lowest BCUT2D eigenvalue weighted by Gasteiger charge is -2.11. The summed E-state index contributed by atoms with van der Waals surface area (Å²) in [5, 5.41) is 3.66. The molecule has 3 N–H and O–H groups in total. The number of ether oxygens (including phenoxy) is 3. The van der Waals surface area contributed by atoms with Gasteiger partial charge in [0.1, 0.15) is 12.4 Å². The molecule has 0 atom stereocenters. The first-order valence-electron chi connectivity index (χ1n) is 7.29. The summed E-state index contributed by atoms with van der Waals surface area (Å²) in [6.07, 6.45) is 0. The Bertz CT molecular complexity index is 696. The summed E-state index contributed by atoms with van der Waals surface area (Å²) in [6, 6.07) is 12.5. The van der Waals surface area contributed by atoms with Crippen molar-refractivity contribution < 1.29 is 14.2 Å². The van der Waals surface area contributed by atoms with Gasteiger partial charge < -0.3 is 25.3 Å². The minimum absolute atomic E-state index is 0. The largest absolute Gasteiger partial charge is 0.493 e. The second kappa shape index (κ2) is 10.9. The van der Waals surface area contributed by atoms with E-state index in [1.165, 1.54) is 0 Å². The number of guanidine groups is 1. The molecule has 2 rings (SSSR count). The van der Waals surface area contributed by atoms with Gasteiger partial charge in [0.2, 0.25) is 0 Å². The Labute approximate surface area is 169 Å². The van der Waals surface area contributed by atoms with E-state index in [-0.39, 0.29) is 24.0 Å². The summed E-state index contributed by atoms with van der Waals surface area (Å²) < 4.78 is 16.0. The Morgan fingerprint density at radius 3 is 2.40 bits per heavy atom. The molecule has 8 heteroatoms. The molecular formula is C17H21ClIN3O3. The fourth-order valence-corrected chi connectivity index (χ4v) is 2.09. The number of methoxy groups -OCH3 is 2. The zero-order valence-electron chi connectivity index (χ0n) is 14.0. The van der Waals surface area contributed by atoms with Gasteiger partial charge in [0, 0.05) is 16.8 Å². The zero-order valence-corrected chi connectivity index (χ0v) is 17.1. The normalized spacial score (nSPS) is 10.6. The maximum absolute atomic E-state index is 5.86. The number of benzene rings is 2. The van der Waals surface area contributed by atoms with Crippen LogP contribution in [0.3, 0.4) is 0 Å². The molecule has 0 aromatic heterocycles. The third-order valence-electron chi connectivity index (χ3n) is 3.11. The van der Waals surface area contributed by atoms with Crippen LogP contribution in [0.25, 0.3) is 0 Å². The van der Waals surface area contributed by atoms with Gasteiger partial charge in [0.15, 0.2) is 17.5 Å². The van der Waals surface area contributed by atoms with Gasteiger partial charge in [-0.2, -0.15) is 0 Å². The van der Waals surface area contributed by atoms with Crippen molar-refractivity contribution in [3.05, 3.63) is 47.5 Å². The van der Waals surface area contributed by atoms with Gasteiger partial charge in [-0.3, -0.25) is 0 Å². The Morgan fingerprint density at radius 2 is 1.76 bits per heavy atom. The van der Waals surface area contributed by atoms with E-state index in [4.69, 9.17) is 31.5 Å². The summed E-state index contributed by atoms with van der Waals surface area (Å²) in [7, 11) is 3.16. The van der Waals surface area contributed by atoms with Crippen LogP contribution in [0.1, 0.15) is 0 Å². The molecule has 6 nitrogen and oxygen atoms in total. The van der Waals surface area contributed by atoms with Gasteiger partial charge in [-0.15, -0.1) is 24.0 Å². The molecular weight excluding hydrogens is 457 g/mol. The van der Waals surface area contributed by atoms with Crippen molar-refractivity contribution in [2.75, 3.05) is 32.7 Å². The second-order valence-electron chi connectivity index (χ2n) is 4.76. The molecule has 0 fully saturated rings. The van der Waals surface area contributed by atoms with Gasteiger partial charge >= 0.3 is 0 Å². The van der Waals surface area contributed by atoms with E-state index in [2.05, 4.69) is 10.3 Å². The van der Waals surface area contributed by atoms with E-state index < -0.39 is 0 Å². The molecule has 2 aromatic carbocycles. The monoisotopic (exact) mass is 477 g/mol. The zero-order chi connectivity index (χ0) is 17.4. The third-order valence-corrected chi connectivity index (χ3v) is 3.36. The summed E-state index contributed by atoms with van der Waals surface area (Å²) >= 11 is 5.81. The Balaban J connectivity index is 0.00000312. The fourth-order valence-electron chi connectivity index (χ4n) is 1.96. The first kappa shape index (κ1) is 21.2. The highest BCUT2D eigenvalue weighted by molar-refractivity contribution is 14.0. The predicted molar refractivity (Wildman–Crippen MR) is 112 cm³/mol. The molecule has 0 amide bonds. The minimum Gasteiger partial charge on any atom is -0.493 e. The van der Waals surface area contributed by atoms with E-state index in [9.17, 15) is 0 Å². The number of nitrogens with zero attached hydrogens (tertiary/aromatic N) is 1. The average molecular weight is 478 g/mol. The lowest BCUT2D eigenvalue weighted by atomic mass is 10.3. The van der Waals surface area contributed by atoms with Crippen LogP contribution in [0.2, 0.25) is 5.02 Å². The SMILES string of the molecule is COc1ccc(NC(N)=NCCOc2ccc(Cl)cc2)cc1OC.I. The summed E-state index contributed by atoms with van der Waals surface area (Å²) in [6.45, 7) is 0.838. The van der Waals surface area contributed by atoms with Crippen LogP contribution in [0.5, 0.6) is 17.2 Å². The van der Waals surface area contributed by atoms with Crippen molar-refractivity contribution in [2.45, 2.75) is 0 Å². The molecule has 0 heterocycles. The topological polar surface area (TPSA) is 78.1 Å². The summed E-state index contributed by atoms with van der Waals surface area (Å²) in [5.41, 5.74) is 6.62. The lowest BCUT2D eigenvalue weighted by Crippen LogP contribution is -2.23. The molecule has 0 aliphatic carbocycles. The van der Waals surface area contributed by atoms with Crippen molar-refractivity contribution in [3.8, 4) is 17.2 Å². The molecule has 0 aliphatic rings. The van der Waals surface area contributed by atoms with Crippen molar-refractivity contribution in [1.29, 1.82) is 0 Å². The molecule has 0 radical (unpaired) electrons. The van der Waals surface area contributed by atoms with E-state index >= 15 is 0 Å². The maximum Gasteiger partial charge on any atom is 0.193 e. The molecule has 0 spiro atoms. The van der Waals surface area contributed by atoms with Crippen LogP contribution in [-0.4, -0.2) is 33.3 Å². The summed E-state index contributed by atoms with van der Waals surface area (Å²) in [5.74, 6) is 2.29. The smallest absolute Gasteiger partial charge is 0.193 e. The van der Waals surface area contributed by atoms with Gasteiger partial charge in [-0.25, -0.2) is 4.99 Å². The van der Waals surface area contributed by atoms with Crippen LogP contribution in [-0.2, 0) is 0 Å². The lowest BCUT2D eigenvalue weighted by molar-refractivity contribution is 0.329. The van der Waals surface area contributed by atoms with Crippen molar-refractivity contribution in [1.82, 2.24) is 0 Å². The summed E-state index contributed by atoms with van der Waals surface area (Å²) in [4.78, 5) is 4.21. The van der Waals surface area contributed by atoms with E-state index in [1.54, 1.807) is 50.6 Å². The average Bonchev–Trinajstić information content (AvgIpc) is 2.60.